The van der Waals surface area contributed by atoms with E-state index < -0.39 is 0 Å². The summed E-state index contributed by atoms with van der Waals surface area (Å²) in [5.41, 5.74) is 11.3. The first-order valence-electron chi connectivity index (χ1n) is 7.05. The minimum absolute atomic E-state index is 0.894. The highest BCUT2D eigenvalue weighted by molar-refractivity contribution is 6.09. The summed E-state index contributed by atoms with van der Waals surface area (Å²) in [5.74, 6) is 0. The van der Waals surface area contributed by atoms with Crippen molar-refractivity contribution in [3.05, 3.63) is 47.9 Å². The highest BCUT2D eigenvalue weighted by Crippen LogP contribution is 2.27. The van der Waals surface area contributed by atoms with Crippen LogP contribution >= 0.6 is 0 Å². The first kappa shape index (κ1) is 13.6. The molecule has 3 heterocycles. The Hall–Kier alpha value is -2.40. The Morgan fingerprint density at radius 2 is 2.43 bits per heavy atom. The summed E-state index contributed by atoms with van der Waals surface area (Å²) in [7, 11) is 1.74. The number of allylic oxidation sites excluding steroid dienone is 1. The highest BCUT2D eigenvalue weighted by Gasteiger charge is 2.13. The van der Waals surface area contributed by atoms with Crippen molar-refractivity contribution < 1.29 is 0 Å². The van der Waals surface area contributed by atoms with Gasteiger partial charge < -0.3 is 11.1 Å². The van der Waals surface area contributed by atoms with Crippen molar-refractivity contribution in [1.82, 2.24) is 14.9 Å². The van der Waals surface area contributed by atoms with E-state index in [0.29, 0.717) is 0 Å². The Labute approximate surface area is 123 Å². The molecule has 0 bridgehead atoms. The van der Waals surface area contributed by atoms with Crippen LogP contribution in [0.2, 0.25) is 0 Å². The molecule has 0 atom stereocenters. The predicted octanol–water partition coefficient (Wildman–Crippen LogP) is 1.71. The topological polar surface area (TPSA) is 67.7 Å². The SMILES string of the molecule is CN=CC(=CN)c1cc(C2=CCNCC2)c2ccnn2c1. The molecule has 1 aliphatic heterocycles. The maximum Gasteiger partial charge on any atom is 0.0736 e. The molecule has 5 nitrogen and oxygen atoms in total. The second kappa shape index (κ2) is 5.93. The lowest BCUT2D eigenvalue weighted by Gasteiger charge is -2.16. The number of aromatic nitrogens is 2. The van der Waals surface area contributed by atoms with E-state index in [1.807, 2.05) is 23.0 Å². The van der Waals surface area contributed by atoms with Gasteiger partial charge in [0, 0.05) is 55.1 Å². The zero-order valence-electron chi connectivity index (χ0n) is 12.1. The molecule has 0 saturated carbocycles. The van der Waals surface area contributed by atoms with Crippen LogP contribution in [0.5, 0.6) is 0 Å². The molecule has 1 aliphatic rings. The number of nitrogens with zero attached hydrogens (tertiary/aromatic N) is 3. The van der Waals surface area contributed by atoms with E-state index in [4.69, 9.17) is 5.73 Å². The number of fused-ring (bicyclic) bond motifs is 1. The molecule has 5 heteroatoms. The van der Waals surface area contributed by atoms with Gasteiger partial charge in [-0.2, -0.15) is 5.10 Å². The summed E-state index contributed by atoms with van der Waals surface area (Å²) in [6.45, 7) is 1.92. The van der Waals surface area contributed by atoms with Crippen molar-refractivity contribution in [2.24, 2.45) is 10.7 Å². The Kier molecular flexibility index (Phi) is 3.83. The summed E-state index contributed by atoms with van der Waals surface area (Å²) >= 11 is 0. The molecule has 3 N–H and O–H groups in total. The van der Waals surface area contributed by atoms with E-state index in [1.165, 1.54) is 11.1 Å². The number of hydrogen-bond acceptors (Lipinski definition) is 4. The standard InChI is InChI=1S/C16H19N5/c1-18-10-14(9-17)13-8-15(12-2-5-19-6-3-12)16-4-7-20-21(16)11-13/h2,4,7-11,19H,3,5-6,17H2,1H3. The molecule has 0 aromatic carbocycles. The second-order valence-electron chi connectivity index (χ2n) is 5.00. The van der Waals surface area contributed by atoms with Gasteiger partial charge in [0.05, 0.1) is 5.52 Å². The van der Waals surface area contributed by atoms with Gasteiger partial charge in [0.25, 0.3) is 0 Å². The van der Waals surface area contributed by atoms with Gasteiger partial charge in [0.2, 0.25) is 0 Å². The van der Waals surface area contributed by atoms with Crippen LogP contribution < -0.4 is 11.1 Å². The van der Waals surface area contributed by atoms with E-state index in [-0.39, 0.29) is 0 Å². The first-order valence-corrected chi connectivity index (χ1v) is 7.05. The molecule has 0 aliphatic carbocycles. The third kappa shape index (κ3) is 2.60. The highest BCUT2D eigenvalue weighted by atomic mass is 15.2. The molecule has 108 valence electrons. The van der Waals surface area contributed by atoms with Crippen molar-refractivity contribution in [1.29, 1.82) is 0 Å². The maximum atomic E-state index is 5.73. The van der Waals surface area contributed by atoms with Crippen molar-refractivity contribution in [3.8, 4) is 0 Å². The number of aliphatic imine (C=N–C) groups is 1. The van der Waals surface area contributed by atoms with Gasteiger partial charge in [-0.15, -0.1) is 0 Å². The number of hydrogen-bond donors (Lipinski definition) is 2. The first-order chi connectivity index (χ1) is 10.3. The van der Waals surface area contributed by atoms with E-state index in [0.717, 1.165) is 36.2 Å². The fourth-order valence-corrected chi connectivity index (χ4v) is 2.66. The Morgan fingerprint density at radius 1 is 1.52 bits per heavy atom. The summed E-state index contributed by atoms with van der Waals surface area (Å²) in [4.78, 5) is 4.07. The maximum absolute atomic E-state index is 5.73. The van der Waals surface area contributed by atoms with Crippen LogP contribution in [-0.4, -0.2) is 36.0 Å². The van der Waals surface area contributed by atoms with Gasteiger partial charge in [0.1, 0.15) is 0 Å². The quantitative estimate of drug-likeness (QED) is 0.842. The number of nitrogens with two attached hydrogens (primary N) is 1. The van der Waals surface area contributed by atoms with Gasteiger partial charge in [-0.1, -0.05) is 6.08 Å². The third-order valence-corrected chi connectivity index (χ3v) is 3.70. The van der Waals surface area contributed by atoms with Gasteiger partial charge >= 0.3 is 0 Å². The molecule has 2 aromatic rings. The van der Waals surface area contributed by atoms with Gasteiger partial charge in [-0.05, 0) is 30.7 Å². The number of nitrogens with one attached hydrogen (secondary N) is 1. The van der Waals surface area contributed by atoms with Crippen LogP contribution in [0.4, 0.5) is 0 Å². The number of rotatable bonds is 3. The van der Waals surface area contributed by atoms with E-state index >= 15 is 0 Å². The molecular weight excluding hydrogens is 262 g/mol. The summed E-state index contributed by atoms with van der Waals surface area (Å²) in [6, 6.07) is 4.22. The lowest BCUT2D eigenvalue weighted by Crippen LogP contribution is -2.20. The lowest BCUT2D eigenvalue weighted by atomic mass is 9.97. The predicted molar refractivity (Wildman–Crippen MR) is 87.2 cm³/mol. The average molecular weight is 281 g/mol. The van der Waals surface area contributed by atoms with Crippen molar-refractivity contribution in [2.45, 2.75) is 6.42 Å². The smallest absolute Gasteiger partial charge is 0.0736 e. The van der Waals surface area contributed by atoms with Gasteiger partial charge in [-0.3, -0.25) is 4.99 Å². The molecule has 0 unspecified atom stereocenters. The average Bonchev–Trinajstić information content (AvgIpc) is 3.01. The fraction of sp³-hybridized carbons (Fsp3) is 0.250. The zero-order valence-corrected chi connectivity index (χ0v) is 12.1. The molecule has 0 radical (unpaired) electrons. The molecule has 3 rings (SSSR count). The normalized spacial score (nSPS) is 16.6. The fourth-order valence-electron chi connectivity index (χ4n) is 2.66. The minimum atomic E-state index is 0.894. The molecule has 0 spiro atoms. The van der Waals surface area contributed by atoms with Crippen LogP contribution in [0, 0.1) is 0 Å². The van der Waals surface area contributed by atoms with Crippen molar-refractivity contribution in [3.63, 3.8) is 0 Å². The monoisotopic (exact) mass is 281 g/mol. The Balaban J connectivity index is 2.18. The largest absolute Gasteiger partial charge is 0.404 e. The lowest BCUT2D eigenvalue weighted by molar-refractivity contribution is 0.738. The molecule has 0 saturated heterocycles. The van der Waals surface area contributed by atoms with Crippen LogP contribution in [-0.2, 0) is 0 Å². The Morgan fingerprint density at radius 3 is 3.14 bits per heavy atom. The molecule has 0 amide bonds. The van der Waals surface area contributed by atoms with E-state index in [1.54, 1.807) is 19.5 Å². The van der Waals surface area contributed by atoms with Crippen LogP contribution in [0.1, 0.15) is 17.5 Å². The van der Waals surface area contributed by atoms with Crippen molar-refractivity contribution in [2.75, 3.05) is 20.1 Å². The summed E-state index contributed by atoms with van der Waals surface area (Å²) in [5, 5.41) is 7.72. The van der Waals surface area contributed by atoms with Crippen LogP contribution in [0.25, 0.3) is 16.7 Å². The third-order valence-electron chi connectivity index (χ3n) is 3.70. The summed E-state index contributed by atoms with van der Waals surface area (Å²) < 4.78 is 1.90. The summed E-state index contributed by atoms with van der Waals surface area (Å²) in [6.07, 6.45) is 10.4. The van der Waals surface area contributed by atoms with Crippen LogP contribution in [0.15, 0.2) is 41.8 Å². The van der Waals surface area contributed by atoms with Gasteiger partial charge in [-0.25, -0.2) is 4.52 Å². The Bertz CT molecular complexity index is 736. The second-order valence-corrected chi connectivity index (χ2v) is 5.00. The van der Waals surface area contributed by atoms with Gasteiger partial charge in [0.15, 0.2) is 0 Å². The molecule has 21 heavy (non-hydrogen) atoms. The van der Waals surface area contributed by atoms with E-state index in [9.17, 15) is 0 Å². The molecule has 0 fully saturated rings. The molecule has 2 aromatic heterocycles. The van der Waals surface area contributed by atoms with E-state index in [2.05, 4.69) is 27.6 Å². The van der Waals surface area contributed by atoms with Crippen molar-refractivity contribution >= 4 is 22.9 Å². The zero-order chi connectivity index (χ0) is 14.7. The number of pyridine rings is 1. The van der Waals surface area contributed by atoms with Crippen LogP contribution in [0.3, 0.4) is 0 Å². The molecular formula is C16H19N5. The minimum Gasteiger partial charge on any atom is -0.404 e.